The van der Waals surface area contributed by atoms with Crippen LogP contribution in [0.4, 0.5) is 0 Å². The summed E-state index contributed by atoms with van der Waals surface area (Å²) >= 11 is 5.86. The first-order chi connectivity index (χ1) is 5.75. The van der Waals surface area contributed by atoms with Gasteiger partial charge in [-0.3, -0.25) is 0 Å². The predicted molar refractivity (Wildman–Crippen MR) is 50.7 cm³/mol. The lowest BCUT2D eigenvalue weighted by molar-refractivity contribution is 0.198. The quantitative estimate of drug-likeness (QED) is 0.570. The highest BCUT2D eigenvalue weighted by atomic mass is 35.5. The summed E-state index contributed by atoms with van der Waals surface area (Å²) in [5.41, 5.74) is 0.857. The van der Waals surface area contributed by atoms with Gasteiger partial charge in [0.2, 0.25) is 0 Å². The van der Waals surface area contributed by atoms with Crippen molar-refractivity contribution in [2.45, 2.75) is 25.4 Å². The van der Waals surface area contributed by atoms with Crippen LogP contribution in [-0.2, 0) is 0 Å². The van der Waals surface area contributed by atoms with Crippen LogP contribution in [0.25, 0.3) is 0 Å². The summed E-state index contributed by atoms with van der Waals surface area (Å²) in [6.45, 7) is 3.49. The Kier molecular flexibility index (Phi) is 3.40. The van der Waals surface area contributed by atoms with E-state index < -0.39 is 6.10 Å². The van der Waals surface area contributed by atoms with E-state index in [1.165, 1.54) is 6.08 Å². The average Bonchev–Trinajstić information content (AvgIpc) is 2.08. The molecule has 0 saturated heterocycles. The van der Waals surface area contributed by atoms with Crippen molar-refractivity contribution in [3.8, 4) is 11.8 Å². The van der Waals surface area contributed by atoms with Crippen LogP contribution in [0.15, 0.2) is 23.3 Å². The van der Waals surface area contributed by atoms with Gasteiger partial charge in [0.1, 0.15) is 0 Å². The van der Waals surface area contributed by atoms with Crippen molar-refractivity contribution in [1.82, 2.24) is 0 Å². The Balaban J connectivity index is 2.85. The SMILES string of the molecule is C=CC#CC1=C(Cl)C(O)CCC1. The van der Waals surface area contributed by atoms with Crippen LogP contribution in [0.2, 0.25) is 0 Å². The molecule has 0 bridgehead atoms. The van der Waals surface area contributed by atoms with Crippen LogP contribution < -0.4 is 0 Å². The van der Waals surface area contributed by atoms with Crippen LogP contribution >= 0.6 is 11.6 Å². The first-order valence-corrected chi connectivity index (χ1v) is 4.32. The Bertz CT molecular complexity index is 267. The summed E-state index contributed by atoms with van der Waals surface area (Å²) in [5.74, 6) is 5.60. The summed E-state index contributed by atoms with van der Waals surface area (Å²) in [5, 5.41) is 9.87. The molecule has 0 aromatic carbocycles. The Morgan fingerprint density at radius 3 is 3.08 bits per heavy atom. The van der Waals surface area contributed by atoms with Gasteiger partial charge in [-0.1, -0.05) is 30.0 Å². The number of aliphatic hydroxyl groups is 1. The van der Waals surface area contributed by atoms with E-state index in [0.717, 1.165) is 24.8 Å². The zero-order chi connectivity index (χ0) is 8.97. The summed E-state index contributed by atoms with van der Waals surface area (Å²) in [7, 11) is 0. The van der Waals surface area contributed by atoms with Gasteiger partial charge in [-0.2, -0.15) is 0 Å². The lowest BCUT2D eigenvalue weighted by atomic mass is 9.97. The van der Waals surface area contributed by atoms with Crippen molar-refractivity contribution < 1.29 is 5.11 Å². The third-order valence-electron chi connectivity index (χ3n) is 1.81. The molecule has 64 valence electrons. The van der Waals surface area contributed by atoms with Gasteiger partial charge in [-0.05, 0) is 25.3 Å². The molecular formula is C10H11ClO. The van der Waals surface area contributed by atoms with Gasteiger partial charge in [-0.25, -0.2) is 0 Å². The van der Waals surface area contributed by atoms with Gasteiger partial charge in [0.05, 0.1) is 11.1 Å². The van der Waals surface area contributed by atoms with Crippen molar-refractivity contribution in [3.05, 3.63) is 23.3 Å². The topological polar surface area (TPSA) is 20.2 Å². The highest BCUT2D eigenvalue weighted by molar-refractivity contribution is 6.30. The van der Waals surface area contributed by atoms with Crippen molar-refractivity contribution in [2.75, 3.05) is 0 Å². The van der Waals surface area contributed by atoms with Gasteiger partial charge < -0.3 is 5.11 Å². The smallest absolute Gasteiger partial charge is 0.0905 e. The molecule has 0 spiro atoms. The number of hydrogen-bond donors (Lipinski definition) is 1. The fourth-order valence-corrected chi connectivity index (χ4v) is 1.43. The maximum atomic E-state index is 9.36. The van der Waals surface area contributed by atoms with E-state index in [2.05, 4.69) is 18.4 Å². The molecule has 1 nitrogen and oxygen atoms in total. The Hall–Kier alpha value is -0.710. The largest absolute Gasteiger partial charge is 0.387 e. The number of aliphatic hydroxyl groups excluding tert-OH is 1. The highest BCUT2D eigenvalue weighted by Gasteiger charge is 2.17. The summed E-state index contributed by atoms with van der Waals surface area (Å²) in [6.07, 6.45) is 3.60. The third kappa shape index (κ3) is 2.14. The number of rotatable bonds is 0. The minimum absolute atomic E-state index is 0.505. The van der Waals surface area contributed by atoms with Crippen molar-refractivity contribution in [3.63, 3.8) is 0 Å². The molecule has 2 heteroatoms. The maximum absolute atomic E-state index is 9.36. The predicted octanol–water partition coefficient (Wildman–Crippen LogP) is 2.21. The second-order valence-electron chi connectivity index (χ2n) is 2.71. The molecule has 0 aromatic heterocycles. The van der Waals surface area contributed by atoms with Crippen LogP contribution in [0, 0.1) is 11.8 Å². The first-order valence-electron chi connectivity index (χ1n) is 3.94. The Morgan fingerprint density at radius 2 is 2.42 bits per heavy atom. The third-order valence-corrected chi connectivity index (χ3v) is 2.29. The molecule has 1 unspecified atom stereocenters. The lowest BCUT2D eigenvalue weighted by Gasteiger charge is -2.17. The van der Waals surface area contributed by atoms with Gasteiger partial charge in [0.25, 0.3) is 0 Å². The van der Waals surface area contributed by atoms with E-state index in [4.69, 9.17) is 11.6 Å². The van der Waals surface area contributed by atoms with Crippen molar-refractivity contribution >= 4 is 11.6 Å². The molecular weight excluding hydrogens is 172 g/mol. The van der Waals surface area contributed by atoms with E-state index in [0.29, 0.717) is 5.03 Å². The summed E-state index contributed by atoms with van der Waals surface area (Å²) in [6, 6.07) is 0. The van der Waals surface area contributed by atoms with E-state index >= 15 is 0 Å². The van der Waals surface area contributed by atoms with Crippen LogP contribution in [0.1, 0.15) is 19.3 Å². The fraction of sp³-hybridized carbons (Fsp3) is 0.400. The van der Waals surface area contributed by atoms with Gasteiger partial charge in [0.15, 0.2) is 0 Å². The van der Waals surface area contributed by atoms with E-state index in [-0.39, 0.29) is 0 Å². The number of hydrogen-bond acceptors (Lipinski definition) is 1. The monoisotopic (exact) mass is 182 g/mol. The minimum Gasteiger partial charge on any atom is -0.387 e. The standard InChI is InChI=1S/C10H11ClO/c1-2-3-5-8-6-4-7-9(12)10(8)11/h2,9,12H,1,4,6-7H2. The second-order valence-corrected chi connectivity index (χ2v) is 3.12. The molecule has 0 fully saturated rings. The van der Waals surface area contributed by atoms with E-state index in [9.17, 15) is 5.11 Å². The molecule has 12 heavy (non-hydrogen) atoms. The molecule has 0 saturated carbocycles. The zero-order valence-corrected chi connectivity index (χ0v) is 7.56. The Morgan fingerprint density at radius 1 is 1.67 bits per heavy atom. The molecule has 1 N–H and O–H groups in total. The van der Waals surface area contributed by atoms with Gasteiger partial charge >= 0.3 is 0 Å². The molecule has 1 rings (SSSR count). The minimum atomic E-state index is -0.505. The highest BCUT2D eigenvalue weighted by Crippen LogP contribution is 2.27. The summed E-state index contributed by atoms with van der Waals surface area (Å²) < 4.78 is 0. The zero-order valence-electron chi connectivity index (χ0n) is 6.81. The first kappa shape index (κ1) is 9.38. The fourth-order valence-electron chi connectivity index (χ4n) is 1.18. The summed E-state index contributed by atoms with van der Waals surface area (Å²) in [4.78, 5) is 0. The molecule has 0 aromatic rings. The molecule has 0 aliphatic heterocycles. The average molecular weight is 183 g/mol. The maximum Gasteiger partial charge on any atom is 0.0905 e. The van der Waals surface area contributed by atoms with E-state index in [1.807, 2.05) is 0 Å². The molecule has 1 aliphatic carbocycles. The number of allylic oxidation sites excluding steroid dienone is 2. The van der Waals surface area contributed by atoms with E-state index in [1.54, 1.807) is 0 Å². The normalized spacial score (nSPS) is 23.0. The van der Waals surface area contributed by atoms with Gasteiger partial charge in [0, 0.05) is 5.57 Å². The van der Waals surface area contributed by atoms with Crippen LogP contribution in [0.5, 0.6) is 0 Å². The molecule has 1 aliphatic rings. The molecule has 1 atom stereocenters. The lowest BCUT2D eigenvalue weighted by Crippen LogP contribution is -2.13. The van der Waals surface area contributed by atoms with Crippen molar-refractivity contribution in [2.24, 2.45) is 0 Å². The second kappa shape index (κ2) is 4.35. The molecule has 0 radical (unpaired) electrons. The van der Waals surface area contributed by atoms with Crippen molar-refractivity contribution in [1.29, 1.82) is 0 Å². The van der Waals surface area contributed by atoms with Crippen LogP contribution in [0.3, 0.4) is 0 Å². The molecule has 0 amide bonds. The Labute approximate surface area is 77.7 Å². The molecule has 0 heterocycles. The number of halogens is 1. The van der Waals surface area contributed by atoms with Crippen LogP contribution in [-0.4, -0.2) is 11.2 Å². The van der Waals surface area contributed by atoms with Gasteiger partial charge in [-0.15, -0.1) is 0 Å².